The first-order chi connectivity index (χ1) is 21.1. The molecule has 0 bridgehead atoms. The number of sulfonamides is 1. The van der Waals surface area contributed by atoms with Crippen LogP contribution in [0.3, 0.4) is 0 Å². The van der Waals surface area contributed by atoms with Crippen molar-refractivity contribution in [2.45, 2.75) is 34.2 Å². The molecule has 3 aromatic heterocycles. The molecule has 0 aliphatic carbocycles. The Bertz CT molecular complexity index is 1860. The van der Waals surface area contributed by atoms with E-state index in [1.165, 1.54) is 6.07 Å². The summed E-state index contributed by atoms with van der Waals surface area (Å²) in [4.78, 5) is 19.1. The Morgan fingerprint density at radius 2 is 1.58 bits per heavy atom. The van der Waals surface area contributed by atoms with E-state index in [4.69, 9.17) is 51.0 Å². The van der Waals surface area contributed by atoms with Crippen LogP contribution in [0.25, 0.3) is 10.9 Å². The molecule has 1 aliphatic heterocycles. The maximum Gasteiger partial charge on any atom is 0.319 e. The van der Waals surface area contributed by atoms with Crippen molar-refractivity contribution in [3.63, 3.8) is 0 Å². The summed E-state index contributed by atoms with van der Waals surface area (Å²) in [7, 11) is -7.80. The van der Waals surface area contributed by atoms with Crippen LogP contribution in [0.2, 0.25) is 18.7 Å². The van der Waals surface area contributed by atoms with Crippen molar-refractivity contribution < 1.29 is 26.2 Å². The summed E-state index contributed by atoms with van der Waals surface area (Å²) in [6, 6.07) is 11.6. The number of carbonyl (C=O) groups is 1. The standard InChI is InChI=1S/C22H25Cl2N5O3S2.C4H2Cl2O3S2/c1-14-12-19(16-4-2-3-5-18(16)26-14)27-22(30)25-8-11-29-9-6-15(7-10-29)28-34(31,32)20-13-17(23)21(24)33-20;5-2-1-3(10-4(2)6)11(7,8)9/h2-5,12-13,15,28H,6-11H2,1H3,(H2,25,26,27,30);1H,(H,7,8,9). The number of nitrogens with one attached hydrogen (secondary N) is 3. The second-order valence-electron chi connectivity index (χ2n) is 9.80. The van der Waals surface area contributed by atoms with Crippen LogP contribution in [0.5, 0.6) is 0 Å². The van der Waals surface area contributed by atoms with Gasteiger partial charge in [0.25, 0.3) is 0 Å². The Kier molecular flexibility index (Phi) is 12.4. The SMILES string of the molecule is Cc1cc(NC(=O)NCCN2CCC(NS(=O)(=O)c3cc(Cl)c(Cl)s3)CC2)c2ccccc2n1.O=S(=O)(O)c1cc(Cl)c(Cl)s1. The molecule has 4 aromatic rings. The van der Waals surface area contributed by atoms with E-state index in [0.29, 0.717) is 37.3 Å². The average molecular weight is 776 g/mol. The first-order valence-corrected chi connectivity index (χ1v) is 19.2. The van der Waals surface area contributed by atoms with Gasteiger partial charge in [0.2, 0.25) is 10.0 Å². The number of halogens is 4. The van der Waals surface area contributed by atoms with Crippen molar-refractivity contribution in [3.8, 4) is 0 Å². The van der Waals surface area contributed by atoms with Crippen molar-refractivity contribution in [2.24, 2.45) is 0 Å². The number of benzene rings is 1. The molecule has 1 aromatic carbocycles. The van der Waals surface area contributed by atoms with Crippen LogP contribution in [-0.2, 0) is 20.1 Å². The fourth-order valence-corrected chi connectivity index (χ4v) is 9.82. The molecule has 1 saturated heterocycles. The molecular formula is C26H27Cl4N5O6S4. The lowest BCUT2D eigenvalue weighted by Gasteiger charge is -2.32. The van der Waals surface area contributed by atoms with Crippen LogP contribution in [-0.4, -0.2) is 69.5 Å². The molecule has 4 N–H and O–H groups in total. The highest BCUT2D eigenvalue weighted by molar-refractivity contribution is 7.91. The van der Waals surface area contributed by atoms with Crippen molar-refractivity contribution in [1.82, 2.24) is 19.9 Å². The molecule has 1 fully saturated rings. The summed E-state index contributed by atoms with van der Waals surface area (Å²) in [5, 5.41) is 7.07. The van der Waals surface area contributed by atoms with Gasteiger partial charge in [0.15, 0.2) is 0 Å². The fraction of sp³-hybridized carbons (Fsp3) is 0.308. The van der Waals surface area contributed by atoms with E-state index in [1.54, 1.807) is 0 Å². The topological polar surface area (TPSA) is 158 Å². The molecule has 19 heteroatoms. The lowest BCUT2D eigenvalue weighted by molar-refractivity contribution is 0.206. The summed E-state index contributed by atoms with van der Waals surface area (Å²) >= 11 is 24.3. The third-order valence-corrected chi connectivity index (χ3v) is 13.5. The number of fused-ring (bicyclic) bond motifs is 1. The van der Waals surface area contributed by atoms with Gasteiger partial charge >= 0.3 is 16.1 Å². The molecule has 0 unspecified atom stereocenters. The quantitative estimate of drug-likeness (QED) is 0.143. The third kappa shape index (κ3) is 10.1. The van der Waals surface area contributed by atoms with E-state index < -0.39 is 20.1 Å². The largest absolute Gasteiger partial charge is 0.337 e. The van der Waals surface area contributed by atoms with E-state index in [-0.39, 0.29) is 39.2 Å². The number of piperidine rings is 1. The molecular weight excluding hydrogens is 748 g/mol. The Morgan fingerprint density at radius 3 is 2.13 bits per heavy atom. The van der Waals surface area contributed by atoms with Crippen LogP contribution in [0, 0.1) is 6.92 Å². The zero-order chi connectivity index (χ0) is 32.9. The second-order valence-corrected chi connectivity index (χ2v) is 17.5. The van der Waals surface area contributed by atoms with Crippen molar-refractivity contribution in [1.29, 1.82) is 0 Å². The van der Waals surface area contributed by atoms with E-state index in [9.17, 15) is 21.6 Å². The van der Waals surface area contributed by atoms with Gasteiger partial charge in [-0.05, 0) is 57.1 Å². The monoisotopic (exact) mass is 773 g/mol. The highest BCUT2D eigenvalue weighted by atomic mass is 35.5. The molecule has 0 saturated carbocycles. The van der Waals surface area contributed by atoms with Crippen LogP contribution >= 0.6 is 69.1 Å². The molecule has 2 amide bonds. The second kappa shape index (κ2) is 15.4. The molecule has 0 radical (unpaired) electrons. The van der Waals surface area contributed by atoms with E-state index in [2.05, 4.69) is 25.2 Å². The van der Waals surface area contributed by atoms with Crippen molar-refractivity contribution in [3.05, 3.63) is 66.9 Å². The van der Waals surface area contributed by atoms with Gasteiger partial charge < -0.3 is 15.5 Å². The average Bonchev–Trinajstić information content (AvgIpc) is 3.50. The maximum atomic E-state index is 12.6. The van der Waals surface area contributed by atoms with Gasteiger partial charge in [0.1, 0.15) is 17.1 Å². The smallest absolute Gasteiger partial charge is 0.319 e. The molecule has 244 valence electrons. The normalized spacial score (nSPS) is 14.6. The van der Waals surface area contributed by atoms with Crippen molar-refractivity contribution in [2.75, 3.05) is 31.5 Å². The third-order valence-electron chi connectivity index (χ3n) is 6.48. The summed E-state index contributed by atoms with van der Waals surface area (Å²) in [6.07, 6.45) is 1.36. The zero-order valence-electron chi connectivity index (χ0n) is 23.4. The molecule has 11 nitrogen and oxygen atoms in total. The zero-order valence-corrected chi connectivity index (χ0v) is 29.7. The van der Waals surface area contributed by atoms with E-state index in [1.807, 2.05) is 37.3 Å². The molecule has 4 heterocycles. The first-order valence-electron chi connectivity index (χ1n) is 13.2. The number of hydrogen-bond donors (Lipinski definition) is 4. The van der Waals surface area contributed by atoms with Gasteiger partial charge in [-0.3, -0.25) is 9.54 Å². The number of carbonyl (C=O) groups excluding carboxylic acids is 1. The fourth-order valence-electron chi connectivity index (χ4n) is 4.37. The molecule has 5 rings (SSSR count). The number of pyridine rings is 1. The minimum Gasteiger partial charge on any atom is -0.337 e. The number of aryl methyl sites for hydroxylation is 1. The predicted octanol–water partition coefficient (Wildman–Crippen LogP) is 6.78. The highest BCUT2D eigenvalue weighted by Gasteiger charge is 2.26. The summed E-state index contributed by atoms with van der Waals surface area (Å²) < 4.78 is 57.5. The number of anilines is 1. The number of rotatable bonds is 8. The Labute approximate surface area is 288 Å². The van der Waals surface area contributed by atoms with E-state index >= 15 is 0 Å². The molecule has 0 spiro atoms. The number of amides is 2. The van der Waals surface area contributed by atoms with Crippen molar-refractivity contribution >= 4 is 112 Å². The molecule has 0 atom stereocenters. The first kappa shape index (κ1) is 36.1. The van der Waals surface area contributed by atoms with Gasteiger partial charge in [0.05, 0.1) is 21.2 Å². The van der Waals surface area contributed by atoms with Crippen LogP contribution in [0.15, 0.2) is 50.9 Å². The van der Waals surface area contributed by atoms with Gasteiger partial charge in [-0.25, -0.2) is 17.9 Å². The number of urea groups is 1. The van der Waals surface area contributed by atoms with Gasteiger partial charge in [-0.15, -0.1) is 22.7 Å². The van der Waals surface area contributed by atoms with Crippen LogP contribution in [0.4, 0.5) is 10.5 Å². The summed E-state index contributed by atoms with van der Waals surface area (Å²) in [6.45, 7) is 4.52. The van der Waals surface area contributed by atoms with E-state index in [0.717, 1.165) is 52.8 Å². The number of likely N-dealkylation sites (tertiary alicyclic amines) is 1. The highest BCUT2D eigenvalue weighted by Crippen LogP contribution is 2.35. The molecule has 1 aliphatic rings. The van der Waals surface area contributed by atoms with Gasteiger partial charge in [0, 0.05) is 30.2 Å². The lowest BCUT2D eigenvalue weighted by atomic mass is 10.1. The number of para-hydroxylation sites is 1. The van der Waals surface area contributed by atoms with Crippen LogP contribution in [0.1, 0.15) is 18.5 Å². The Morgan fingerprint density at radius 1 is 0.978 bits per heavy atom. The number of hydrogen-bond acceptors (Lipinski definition) is 9. The predicted molar refractivity (Wildman–Crippen MR) is 182 cm³/mol. The van der Waals surface area contributed by atoms with Crippen LogP contribution < -0.4 is 15.4 Å². The maximum absolute atomic E-state index is 12.6. The lowest BCUT2D eigenvalue weighted by Crippen LogP contribution is -2.46. The Hall–Kier alpha value is -1.76. The minimum atomic E-state index is -4.15. The number of aromatic nitrogens is 1. The Balaban J connectivity index is 0.000000354. The van der Waals surface area contributed by atoms with Gasteiger partial charge in [-0.2, -0.15) is 8.42 Å². The summed E-state index contributed by atoms with van der Waals surface area (Å²) in [5.74, 6) is 0. The number of thiophene rings is 2. The number of nitrogens with zero attached hydrogens (tertiary/aromatic N) is 2. The molecule has 45 heavy (non-hydrogen) atoms. The minimum absolute atomic E-state index is 0.123. The summed E-state index contributed by atoms with van der Waals surface area (Å²) in [5.41, 5.74) is 2.39. The van der Waals surface area contributed by atoms with Gasteiger partial charge in [-0.1, -0.05) is 64.6 Å².